The number of benzene rings is 2. The van der Waals surface area contributed by atoms with Crippen LogP contribution in [0.3, 0.4) is 0 Å². The van der Waals surface area contributed by atoms with Crippen LogP contribution >= 0.6 is 11.6 Å². The standard InChI is InChI=1S/C15H15ClN2O2/c16-13-5-6-14(12-4-2-1-3-11(12)13)20-15(19)18-9-7-17-8-10-18/h1-6,17H,7-10H2. The van der Waals surface area contributed by atoms with E-state index in [0.29, 0.717) is 23.9 Å². The Kier molecular flexibility index (Phi) is 3.76. The number of piperazine rings is 1. The van der Waals surface area contributed by atoms with Crippen LogP contribution in [0.25, 0.3) is 10.8 Å². The van der Waals surface area contributed by atoms with Crippen molar-refractivity contribution in [3.63, 3.8) is 0 Å². The Balaban J connectivity index is 1.87. The van der Waals surface area contributed by atoms with E-state index in [9.17, 15) is 4.79 Å². The average molecular weight is 291 g/mol. The fraction of sp³-hybridized carbons (Fsp3) is 0.267. The first-order chi connectivity index (χ1) is 9.75. The van der Waals surface area contributed by atoms with Gasteiger partial charge in [-0.2, -0.15) is 0 Å². The van der Waals surface area contributed by atoms with Crippen molar-refractivity contribution >= 4 is 28.5 Å². The first kappa shape index (κ1) is 13.2. The highest BCUT2D eigenvalue weighted by molar-refractivity contribution is 6.35. The molecule has 1 saturated heterocycles. The summed E-state index contributed by atoms with van der Waals surface area (Å²) in [6, 6.07) is 11.1. The van der Waals surface area contributed by atoms with Gasteiger partial charge in [-0.1, -0.05) is 35.9 Å². The molecule has 4 nitrogen and oxygen atoms in total. The molecule has 104 valence electrons. The highest BCUT2D eigenvalue weighted by Crippen LogP contribution is 2.31. The van der Waals surface area contributed by atoms with Gasteiger partial charge in [0.05, 0.1) is 0 Å². The topological polar surface area (TPSA) is 41.6 Å². The largest absolute Gasteiger partial charge is 0.415 e. The minimum atomic E-state index is -0.307. The number of rotatable bonds is 1. The van der Waals surface area contributed by atoms with E-state index in [1.54, 1.807) is 17.0 Å². The predicted octanol–water partition coefficient (Wildman–Crippen LogP) is 2.90. The molecular weight excluding hydrogens is 276 g/mol. The second kappa shape index (κ2) is 5.69. The number of halogens is 1. The lowest BCUT2D eigenvalue weighted by atomic mass is 10.1. The third kappa shape index (κ3) is 2.57. The van der Waals surface area contributed by atoms with Crippen molar-refractivity contribution in [3.05, 3.63) is 41.4 Å². The molecule has 0 spiro atoms. The summed E-state index contributed by atoms with van der Waals surface area (Å²) in [4.78, 5) is 13.8. The lowest BCUT2D eigenvalue weighted by Gasteiger charge is -2.26. The van der Waals surface area contributed by atoms with Gasteiger partial charge in [0, 0.05) is 42.0 Å². The van der Waals surface area contributed by atoms with Gasteiger partial charge >= 0.3 is 6.09 Å². The quantitative estimate of drug-likeness (QED) is 0.878. The summed E-state index contributed by atoms with van der Waals surface area (Å²) in [6.07, 6.45) is -0.307. The van der Waals surface area contributed by atoms with Gasteiger partial charge < -0.3 is 15.0 Å². The second-order valence-electron chi connectivity index (χ2n) is 4.70. The van der Waals surface area contributed by atoms with Crippen molar-refractivity contribution in [1.29, 1.82) is 0 Å². The van der Waals surface area contributed by atoms with Crippen LogP contribution < -0.4 is 10.1 Å². The van der Waals surface area contributed by atoms with Crippen molar-refractivity contribution in [3.8, 4) is 5.75 Å². The Morgan fingerprint density at radius 3 is 2.55 bits per heavy atom. The molecule has 1 amide bonds. The van der Waals surface area contributed by atoms with Crippen molar-refractivity contribution in [2.24, 2.45) is 0 Å². The molecule has 0 radical (unpaired) electrons. The normalized spacial score (nSPS) is 15.3. The smallest absolute Gasteiger partial charge is 0.410 e. The maximum Gasteiger partial charge on any atom is 0.415 e. The zero-order valence-corrected chi connectivity index (χ0v) is 11.7. The van der Waals surface area contributed by atoms with Crippen LogP contribution in [0, 0.1) is 0 Å². The molecule has 0 bridgehead atoms. The third-order valence-corrected chi connectivity index (χ3v) is 3.73. The van der Waals surface area contributed by atoms with Crippen LogP contribution in [-0.2, 0) is 0 Å². The second-order valence-corrected chi connectivity index (χ2v) is 5.10. The minimum absolute atomic E-state index is 0.307. The van der Waals surface area contributed by atoms with Crippen LogP contribution in [-0.4, -0.2) is 37.2 Å². The SMILES string of the molecule is O=C(Oc1ccc(Cl)c2ccccc12)N1CCNCC1. The molecular formula is C15H15ClN2O2. The van der Waals surface area contributed by atoms with Gasteiger partial charge in [0.1, 0.15) is 5.75 Å². The van der Waals surface area contributed by atoms with E-state index in [4.69, 9.17) is 16.3 Å². The van der Waals surface area contributed by atoms with E-state index in [1.807, 2.05) is 24.3 Å². The van der Waals surface area contributed by atoms with Crippen LogP contribution in [0.1, 0.15) is 0 Å². The Bertz CT molecular complexity index is 639. The molecule has 1 fully saturated rings. The average Bonchev–Trinajstić information content (AvgIpc) is 2.51. The molecule has 2 aromatic carbocycles. The van der Waals surface area contributed by atoms with E-state index < -0.39 is 0 Å². The summed E-state index contributed by atoms with van der Waals surface area (Å²) >= 11 is 6.16. The number of ether oxygens (including phenoxy) is 1. The molecule has 5 heteroatoms. The molecule has 2 aromatic rings. The molecule has 0 unspecified atom stereocenters. The summed E-state index contributed by atoms with van der Waals surface area (Å²) in [5.74, 6) is 0.550. The van der Waals surface area contributed by atoms with Crippen molar-refractivity contribution in [1.82, 2.24) is 10.2 Å². The number of nitrogens with zero attached hydrogens (tertiary/aromatic N) is 1. The molecule has 1 N–H and O–H groups in total. The summed E-state index contributed by atoms with van der Waals surface area (Å²) < 4.78 is 5.52. The fourth-order valence-corrected chi connectivity index (χ4v) is 2.56. The molecule has 0 atom stereocenters. The highest BCUT2D eigenvalue weighted by Gasteiger charge is 2.19. The summed E-state index contributed by atoms with van der Waals surface area (Å²) in [5.41, 5.74) is 0. The molecule has 1 heterocycles. The predicted molar refractivity (Wildman–Crippen MR) is 79.4 cm³/mol. The Labute approximate surface area is 122 Å². The van der Waals surface area contributed by atoms with E-state index in [2.05, 4.69) is 5.32 Å². The minimum Gasteiger partial charge on any atom is -0.410 e. The van der Waals surface area contributed by atoms with Gasteiger partial charge in [0.25, 0.3) is 0 Å². The summed E-state index contributed by atoms with van der Waals surface area (Å²) in [5, 5.41) is 5.60. The monoisotopic (exact) mass is 290 g/mol. The van der Waals surface area contributed by atoms with Crippen LogP contribution in [0.4, 0.5) is 4.79 Å². The number of amides is 1. The summed E-state index contributed by atoms with van der Waals surface area (Å²) in [6.45, 7) is 2.95. The maximum atomic E-state index is 12.1. The van der Waals surface area contributed by atoms with Crippen molar-refractivity contribution in [2.75, 3.05) is 26.2 Å². The van der Waals surface area contributed by atoms with Gasteiger partial charge in [-0.15, -0.1) is 0 Å². The molecule has 1 aliphatic rings. The molecule has 0 aliphatic carbocycles. The van der Waals surface area contributed by atoms with Gasteiger partial charge in [0.2, 0.25) is 0 Å². The number of carbonyl (C=O) groups excluding carboxylic acids is 1. The van der Waals surface area contributed by atoms with Crippen LogP contribution in [0.15, 0.2) is 36.4 Å². The van der Waals surface area contributed by atoms with E-state index in [1.165, 1.54) is 0 Å². The number of hydrogen-bond acceptors (Lipinski definition) is 3. The summed E-state index contributed by atoms with van der Waals surface area (Å²) in [7, 11) is 0. The van der Waals surface area contributed by atoms with Crippen LogP contribution in [0.2, 0.25) is 5.02 Å². The number of hydrogen-bond donors (Lipinski definition) is 1. The zero-order valence-electron chi connectivity index (χ0n) is 10.9. The lowest BCUT2D eigenvalue weighted by Crippen LogP contribution is -2.47. The van der Waals surface area contributed by atoms with Crippen LogP contribution in [0.5, 0.6) is 5.75 Å². The lowest BCUT2D eigenvalue weighted by molar-refractivity contribution is 0.146. The maximum absolute atomic E-state index is 12.1. The number of fused-ring (bicyclic) bond motifs is 1. The first-order valence-electron chi connectivity index (χ1n) is 6.60. The van der Waals surface area contributed by atoms with Gasteiger partial charge in [-0.25, -0.2) is 4.79 Å². The van der Waals surface area contributed by atoms with E-state index in [-0.39, 0.29) is 6.09 Å². The Hall–Kier alpha value is -1.78. The van der Waals surface area contributed by atoms with Gasteiger partial charge in [0.15, 0.2) is 0 Å². The molecule has 1 aliphatic heterocycles. The zero-order chi connectivity index (χ0) is 13.9. The first-order valence-corrected chi connectivity index (χ1v) is 6.98. The van der Waals surface area contributed by atoms with Crippen molar-refractivity contribution in [2.45, 2.75) is 0 Å². The van der Waals surface area contributed by atoms with E-state index >= 15 is 0 Å². The van der Waals surface area contributed by atoms with E-state index in [0.717, 1.165) is 23.9 Å². The third-order valence-electron chi connectivity index (χ3n) is 3.40. The highest BCUT2D eigenvalue weighted by atomic mass is 35.5. The van der Waals surface area contributed by atoms with Gasteiger partial charge in [-0.3, -0.25) is 0 Å². The number of nitrogens with one attached hydrogen (secondary N) is 1. The molecule has 3 rings (SSSR count). The molecule has 20 heavy (non-hydrogen) atoms. The van der Waals surface area contributed by atoms with Crippen molar-refractivity contribution < 1.29 is 9.53 Å². The van der Waals surface area contributed by atoms with Gasteiger partial charge in [-0.05, 0) is 12.1 Å². The Morgan fingerprint density at radius 2 is 1.80 bits per heavy atom. The fourth-order valence-electron chi connectivity index (χ4n) is 2.33. The molecule has 0 aromatic heterocycles. The Morgan fingerprint density at radius 1 is 1.10 bits per heavy atom. The molecule has 0 saturated carbocycles. The number of carbonyl (C=O) groups is 1.